The number of anilines is 2. The normalized spacial score (nSPS) is 12.1. The van der Waals surface area contributed by atoms with E-state index in [0.29, 0.717) is 22.8 Å². The Morgan fingerprint density at radius 2 is 1.47 bits per heavy atom. The molecule has 0 unspecified atom stereocenters. The second-order valence-corrected chi connectivity index (χ2v) is 11.0. The Bertz CT molecular complexity index is 1770. The third kappa shape index (κ3) is 5.27. The standard InChI is InChI=1S/C33H34N4O6/c1-18-14-26(38)31(39)25(37(18)6)17-34-32(40)23-8-7-9-24(33(41)42)30(23)29-21-12-10-19(35(2)3)15-27(21)43-28-16-20(36(4)5)11-13-22(28)29/h7-16,29,39H,17H2,1-6H3,(H,34,40)(H,41,42). The van der Waals surface area contributed by atoms with Crippen molar-refractivity contribution >= 4 is 23.3 Å². The number of carboxylic acids is 1. The molecule has 0 atom stereocenters. The smallest absolute Gasteiger partial charge is 0.336 e. The summed E-state index contributed by atoms with van der Waals surface area (Å²) in [6.07, 6.45) is 0. The molecule has 1 amide bonds. The van der Waals surface area contributed by atoms with E-state index in [0.717, 1.165) is 22.5 Å². The summed E-state index contributed by atoms with van der Waals surface area (Å²) < 4.78 is 8.03. The van der Waals surface area contributed by atoms with Crippen molar-refractivity contribution in [2.45, 2.75) is 19.4 Å². The first kappa shape index (κ1) is 29.2. The van der Waals surface area contributed by atoms with Crippen LogP contribution in [-0.2, 0) is 13.6 Å². The number of pyridine rings is 1. The monoisotopic (exact) mass is 582 g/mol. The predicted octanol–water partition coefficient (Wildman–Crippen LogP) is 4.45. The first-order valence-corrected chi connectivity index (χ1v) is 13.7. The molecule has 0 radical (unpaired) electrons. The lowest BCUT2D eigenvalue weighted by molar-refractivity contribution is 0.0695. The van der Waals surface area contributed by atoms with E-state index in [2.05, 4.69) is 5.32 Å². The maximum absolute atomic E-state index is 13.8. The van der Waals surface area contributed by atoms with E-state index < -0.39 is 29.0 Å². The van der Waals surface area contributed by atoms with Crippen molar-refractivity contribution in [1.29, 1.82) is 0 Å². The van der Waals surface area contributed by atoms with Crippen LogP contribution in [0, 0.1) is 6.92 Å². The summed E-state index contributed by atoms with van der Waals surface area (Å²) in [5.41, 5.74) is 4.01. The molecule has 0 aliphatic carbocycles. The van der Waals surface area contributed by atoms with Gasteiger partial charge in [-0.3, -0.25) is 9.59 Å². The van der Waals surface area contributed by atoms with Crippen LogP contribution in [0.3, 0.4) is 0 Å². The van der Waals surface area contributed by atoms with Gasteiger partial charge in [0.05, 0.1) is 17.8 Å². The van der Waals surface area contributed by atoms with Gasteiger partial charge in [0.2, 0.25) is 5.43 Å². The zero-order valence-electron chi connectivity index (χ0n) is 24.9. The zero-order valence-corrected chi connectivity index (χ0v) is 24.9. The second kappa shape index (κ2) is 11.2. The van der Waals surface area contributed by atoms with Gasteiger partial charge < -0.3 is 34.6 Å². The Kier molecular flexibility index (Phi) is 7.62. The third-order valence-corrected chi connectivity index (χ3v) is 7.94. The molecule has 2 heterocycles. The molecule has 222 valence electrons. The number of ether oxygens (including phenoxy) is 1. The maximum atomic E-state index is 13.8. The largest absolute Gasteiger partial charge is 0.503 e. The van der Waals surface area contributed by atoms with Gasteiger partial charge in [0.1, 0.15) is 11.5 Å². The Morgan fingerprint density at radius 3 is 2.00 bits per heavy atom. The number of aromatic carboxylic acids is 1. The van der Waals surface area contributed by atoms with Gasteiger partial charge in [0.15, 0.2) is 5.75 Å². The lowest BCUT2D eigenvalue weighted by atomic mass is 9.78. The fourth-order valence-corrected chi connectivity index (χ4v) is 5.44. The van der Waals surface area contributed by atoms with E-state index in [1.54, 1.807) is 24.6 Å². The van der Waals surface area contributed by atoms with Gasteiger partial charge in [-0.25, -0.2) is 4.79 Å². The van der Waals surface area contributed by atoms with Crippen LogP contribution in [0.25, 0.3) is 0 Å². The molecule has 1 aliphatic rings. The van der Waals surface area contributed by atoms with E-state index >= 15 is 0 Å². The van der Waals surface area contributed by atoms with Crippen LogP contribution >= 0.6 is 0 Å². The molecule has 3 N–H and O–H groups in total. The van der Waals surface area contributed by atoms with Crippen molar-refractivity contribution in [2.24, 2.45) is 7.05 Å². The number of carboxylic acid groups (broad SMARTS) is 1. The highest BCUT2D eigenvalue weighted by molar-refractivity contribution is 6.01. The minimum absolute atomic E-state index is 0.0179. The number of fused-ring (bicyclic) bond motifs is 2. The van der Waals surface area contributed by atoms with Crippen molar-refractivity contribution in [3.8, 4) is 17.2 Å². The highest BCUT2D eigenvalue weighted by Gasteiger charge is 2.35. The molecule has 0 fully saturated rings. The minimum Gasteiger partial charge on any atom is -0.503 e. The van der Waals surface area contributed by atoms with Crippen LogP contribution in [0.15, 0.2) is 65.5 Å². The lowest BCUT2D eigenvalue weighted by Gasteiger charge is -2.32. The average molecular weight is 583 g/mol. The van der Waals surface area contributed by atoms with Crippen molar-refractivity contribution < 1.29 is 24.5 Å². The molecular weight excluding hydrogens is 548 g/mol. The third-order valence-electron chi connectivity index (χ3n) is 7.94. The molecule has 10 nitrogen and oxygen atoms in total. The van der Waals surface area contributed by atoms with Crippen molar-refractivity contribution in [3.63, 3.8) is 0 Å². The minimum atomic E-state index is -1.17. The van der Waals surface area contributed by atoms with Gasteiger partial charge in [0.25, 0.3) is 5.91 Å². The average Bonchev–Trinajstić information content (AvgIpc) is 2.97. The summed E-state index contributed by atoms with van der Waals surface area (Å²) in [5, 5.41) is 23.5. The fraction of sp³-hybridized carbons (Fsp3) is 0.242. The maximum Gasteiger partial charge on any atom is 0.336 e. The molecule has 4 aromatic rings. The van der Waals surface area contributed by atoms with Crippen LogP contribution < -0.4 is 25.3 Å². The number of hydrogen-bond acceptors (Lipinski definition) is 7. The topological polar surface area (TPSA) is 124 Å². The SMILES string of the molecule is Cc1cc(=O)c(O)c(CNC(=O)c2cccc(C(=O)O)c2C2c3ccc(N(C)C)cc3Oc3cc(N(C)C)ccc32)n1C. The number of carbonyl (C=O) groups is 2. The van der Waals surface area contributed by atoms with Crippen molar-refractivity contribution in [2.75, 3.05) is 38.0 Å². The second-order valence-electron chi connectivity index (χ2n) is 11.0. The van der Waals surface area contributed by atoms with Crippen LogP contribution in [0.5, 0.6) is 17.2 Å². The summed E-state index contributed by atoms with van der Waals surface area (Å²) in [6, 6.07) is 17.4. The number of amides is 1. The van der Waals surface area contributed by atoms with E-state index in [1.165, 1.54) is 18.2 Å². The zero-order chi connectivity index (χ0) is 31.2. The number of nitrogens with zero attached hydrogens (tertiary/aromatic N) is 3. The van der Waals surface area contributed by atoms with E-state index in [4.69, 9.17) is 4.74 Å². The van der Waals surface area contributed by atoms with Crippen LogP contribution in [0.4, 0.5) is 11.4 Å². The van der Waals surface area contributed by atoms with Gasteiger partial charge in [-0.2, -0.15) is 0 Å². The molecule has 3 aromatic carbocycles. The van der Waals surface area contributed by atoms with Gasteiger partial charge in [-0.05, 0) is 36.8 Å². The summed E-state index contributed by atoms with van der Waals surface area (Å²) in [5.74, 6) is -1.69. The van der Waals surface area contributed by atoms with Gasteiger partial charge in [0, 0.05) is 93.1 Å². The molecule has 0 bridgehead atoms. The van der Waals surface area contributed by atoms with Gasteiger partial charge in [-0.1, -0.05) is 18.2 Å². The Balaban J connectivity index is 1.68. The molecular formula is C33H34N4O6. The summed E-state index contributed by atoms with van der Waals surface area (Å²) in [4.78, 5) is 42.6. The Hall–Kier alpha value is -5.25. The number of aryl methyl sites for hydroxylation is 1. The number of carbonyl (C=O) groups excluding carboxylic acids is 1. The Labute approximate surface area is 249 Å². The first-order valence-electron chi connectivity index (χ1n) is 13.7. The quantitative estimate of drug-likeness (QED) is 0.257. The number of aromatic nitrogens is 1. The highest BCUT2D eigenvalue weighted by atomic mass is 16.5. The van der Waals surface area contributed by atoms with Crippen LogP contribution in [-0.4, -0.2) is 54.8 Å². The number of hydrogen-bond donors (Lipinski definition) is 3. The van der Waals surface area contributed by atoms with Crippen molar-refractivity contribution in [3.05, 3.63) is 110 Å². The van der Waals surface area contributed by atoms with E-state index in [9.17, 15) is 24.6 Å². The van der Waals surface area contributed by atoms with Gasteiger partial charge >= 0.3 is 5.97 Å². The number of benzene rings is 3. The van der Waals surface area contributed by atoms with Crippen LogP contribution in [0.1, 0.15) is 54.7 Å². The van der Waals surface area contributed by atoms with Crippen molar-refractivity contribution in [1.82, 2.24) is 9.88 Å². The van der Waals surface area contributed by atoms with E-state index in [-0.39, 0.29) is 23.4 Å². The molecule has 43 heavy (non-hydrogen) atoms. The number of nitrogens with one attached hydrogen (secondary N) is 1. The number of rotatable bonds is 7. The molecule has 5 rings (SSSR count). The molecule has 10 heteroatoms. The van der Waals surface area contributed by atoms with E-state index in [1.807, 2.05) is 74.4 Å². The highest BCUT2D eigenvalue weighted by Crippen LogP contribution is 2.50. The Morgan fingerprint density at radius 1 is 0.907 bits per heavy atom. The van der Waals surface area contributed by atoms with Crippen LogP contribution in [0.2, 0.25) is 0 Å². The summed E-state index contributed by atoms with van der Waals surface area (Å²) in [6.45, 7) is 1.58. The molecule has 0 spiro atoms. The molecule has 1 aromatic heterocycles. The summed E-state index contributed by atoms with van der Waals surface area (Å²) >= 11 is 0. The fourth-order valence-electron chi connectivity index (χ4n) is 5.44. The molecule has 1 aliphatic heterocycles. The van der Waals surface area contributed by atoms with Gasteiger partial charge in [-0.15, -0.1) is 0 Å². The summed E-state index contributed by atoms with van der Waals surface area (Å²) in [7, 11) is 9.37. The number of aromatic hydroxyl groups is 1. The lowest BCUT2D eigenvalue weighted by Crippen LogP contribution is -2.29. The molecule has 0 saturated heterocycles. The first-order chi connectivity index (χ1) is 20.4. The predicted molar refractivity (Wildman–Crippen MR) is 165 cm³/mol. The molecule has 0 saturated carbocycles.